The molecule has 5 fully saturated rings. The zero-order chi connectivity index (χ0) is 28.3. The monoisotopic (exact) mass is 536 g/mol. The lowest BCUT2D eigenvalue weighted by atomic mass is 9.41. The quantitative estimate of drug-likeness (QED) is 0.292. The first-order valence-corrected chi connectivity index (χ1v) is 15.1. The van der Waals surface area contributed by atoms with E-state index in [0.717, 1.165) is 32.1 Å². The molecule has 38 heavy (non-hydrogen) atoms. The van der Waals surface area contributed by atoms with Gasteiger partial charge in [-0.05, 0) is 104 Å². The average molecular weight is 537 g/mol. The summed E-state index contributed by atoms with van der Waals surface area (Å²) in [7, 11) is 0. The van der Waals surface area contributed by atoms with Gasteiger partial charge in [-0.1, -0.05) is 34.6 Å². The van der Waals surface area contributed by atoms with Crippen molar-refractivity contribution in [3.05, 3.63) is 0 Å². The van der Waals surface area contributed by atoms with Crippen LogP contribution in [0.15, 0.2) is 0 Å². The number of aliphatic carboxylic acids is 1. The highest BCUT2D eigenvalue weighted by Gasteiger charge is 2.86. The van der Waals surface area contributed by atoms with E-state index in [-0.39, 0.29) is 52.9 Å². The van der Waals surface area contributed by atoms with Crippen LogP contribution in [-0.4, -0.2) is 67.1 Å². The Morgan fingerprint density at radius 1 is 0.974 bits per heavy atom. The lowest BCUT2D eigenvalue weighted by Gasteiger charge is -2.63. The normalized spacial score (nSPS) is 53.8. The molecule has 5 rings (SSSR count). The molecule has 5 aliphatic carbocycles. The summed E-state index contributed by atoms with van der Waals surface area (Å²) in [6, 6.07) is 0. The fourth-order valence-electron chi connectivity index (χ4n) is 11.7. The van der Waals surface area contributed by atoms with Gasteiger partial charge in [0.15, 0.2) is 0 Å². The summed E-state index contributed by atoms with van der Waals surface area (Å²) in [5.74, 6) is -0.703. The Balaban J connectivity index is 1.45. The van der Waals surface area contributed by atoms with Gasteiger partial charge in [0.1, 0.15) is 0 Å². The fraction of sp³-hybridized carbons (Fsp3) is 0.968. The Morgan fingerprint density at radius 2 is 1.61 bits per heavy atom. The number of hydrogen-bond donors (Lipinski definition) is 6. The number of aliphatic hydroxyl groups is 5. The summed E-state index contributed by atoms with van der Waals surface area (Å²) >= 11 is 0. The van der Waals surface area contributed by atoms with Gasteiger partial charge in [-0.3, -0.25) is 4.79 Å². The van der Waals surface area contributed by atoms with E-state index in [9.17, 15) is 35.4 Å². The summed E-state index contributed by atoms with van der Waals surface area (Å²) in [4.78, 5) is 12.5. The third-order valence-electron chi connectivity index (χ3n) is 14.3. The van der Waals surface area contributed by atoms with E-state index in [0.29, 0.717) is 25.2 Å². The van der Waals surface area contributed by atoms with E-state index in [1.165, 1.54) is 0 Å². The predicted octanol–water partition coefficient (Wildman–Crippen LogP) is 3.59. The van der Waals surface area contributed by atoms with Gasteiger partial charge in [-0.15, -0.1) is 0 Å². The van der Waals surface area contributed by atoms with Crippen LogP contribution in [0.4, 0.5) is 0 Å². The maximum atomic E-state index is 12.5. The molecule has 7 nitrogen and oxygen atoms in total. The summed E-state index contributed by atoms with van der Waals surface area (Å²) < 4.78 is 0. The van der Waals surface area contributed by atoms with Gasteiger partial charge in [-0.2, -0.15) is 0 Å². The summed E-state index contributed by atoms with van der Waals surface area (Å²) in [6.45, 7) is 12.2. The molecular weight excluding hydrogens is 484 g/mol. The van der Waals surface area contributed by atoms with E-state index >= 15 is 0 Å². The van der Waals surface area contributed by atoms with Crippen LogP contribution in [-0.2, 0) is 4.79 Å². The number of fused-ring (bicyclic) bond motifs is 2. The van der Waals surface area contributed by atoms with E-state index in [1.54, 1.807) is 6.92 Å². The molecule has 7 heteroatoms. The standard InChI is InChI=1S/C31H52O7/c1-17(2)30(38,16-32)10-9-18(3)24-19(33)14-27(5)20-7-8-21-28(6,25(36)37)22(34)13-23(35)31(21)15-29(20,31)12-11-26(24,27)4/h17-24,32-35,38H,7-16H2,1-6H3,(H,36,37). The molecule has 13 atom stereocenters. The average Bonchev–Trinajstić information content (AvgIpc) is 3.48. The van der Waals surface area contributed by atoms with Crippen molar-refractivity contribution in [1.29, 1.82) is 0 Å². The zero-order valence-corrected chi connectivity index (χ0v) is 24.3. The van der Waals surface area contributed by atoms with Crippen molar-refractivity contribution >= 4 is 5.97 Å². The van der Waals surface area contributed by atoms with Crippen molar-refractivity contribution < 1.29 is 35.4 Å². The molecule has 0 amide bonds. The second kappa shape index (κ2) is 8.64. The van der Waals surface area contributed by atoms with Gasteiger partial charge in [0.25, 0.3) is 0 Å². The maximum absolute atomic E-state index is 12.5. The molecule has 5 aliphatic rings. The third-order valence-corrected chi connectivity index (χ3v) is 14.3. The predicted molar refractivity (Wildman–Crippen MR) is 143 cm³/mol. The second-order valence-corrected chi connectivity index (χ2v) is 15.5. The minimum Gasteiger partial charge on any atom is -0.481 e. The number of carboxylic acids is 1. The molecule has 218 valence electrons. The molecule has 0 aromatic rings. The van der Waals surface area contributed by atoms with E-state index in [1.807, 2.05) is 13.8 Å². The van der Waals surface area contributed by atoms with Gasteiger partial charge in [0.2, 0.25) is 0 Å². The maximum Gasteiger partial charge on any atom is 0.312 e. The van der Waals surface area contributed by atoms with Crippen LogP contribution in [0.3, 0.4) is 0 Å². The molecule has 0 aliphatic heterocycles. The number of hydrogen-bond acceptors (Lipinski definition) is 6. The highest BCUT2D eigenvalue weighted by molar-refractivity contribution is 5.76. The largest absolute Gasteiger partial charge is 0.481 e. The van der Waals surface area contributed by atoms with E-state index in [4.69, 9.17) is 0 Å². The Bertz CT molecular complexity index is 970. The van der Waals surface area contributed by atoms with Crippen LogP contribution >= 0.6 is 0 Å². The second-order valence-electron chi connectivity index (χ2n) is 15.5. The van der Waals surface area contributed by atoms with Crippen LogP contribution in [0.5, 0.6) is 0 Å². The summed E-state index contributed by atoms with van der Waals surface area (Å²) in [6.07, 6.45) is 4.08. The first kappa shape index (κ1) is 28.8. The van der Waals surface area contributed by atoms with Crippen molar-refractivity contribution in [1.82, 2.24) is 0 Å². The van der Waals surface area contributed by atoms with Gasteiger partial charge >= 0.3 is 5.97 Å². The van der Waals surface area contributed by atoms with Crippen molar-refractivity contribution in [2.24, 2.45) is 56.7 Å². The smallest absolute Gasteiger partial charge is 0.312 e. The van der Waals surface area contributed by atoms with Crippen molar-refractivity contribution in [2.45, 2.75) is 123 Å². The Kier molecular flexibility index (Phi) is 6.54. The first-order valence-electron chi connectivity index (χ1n) is 15.1. The number of carboxylic acid groups (broad SMARTS) is 1. The Morgan fingerprint density at radius 3 is 2.18 bits per heavy atom. The highest BCUT2D eigenvalue weighted by Crippen LogP contribution is 2.89. The molecule has 0 aromatic heterocycles. The molecule has 6 N–H and O–H groups in total. The zero-order valence-electron chi connectivity index (χ0n) is 24.3. The van der Waals surface area contributed by atoms with Crippen LogP contribution in [0.1, 0.15) is 99.3 Å². The lowest BCUT2D eigenvalue weighted by Crippen LogP contribution is -2.63. The minimum atomic E-state index is -1.25. The lowest BCUT2D eigenvalue weighted by molar-refractivity contribution is -0.210. The van der Waals surface area contributed by atoms with Crippen molar-refractivity contribution in [3.8, 4) is 0 Å². The molecule has 0 heterocycles. The van der Waals surface area contributed by atoms with Crippen LogP contribution < -0.4 is 0 Å². The summed E-state index contributed by atoms with van der Waals surface area (Å²) in [5.41, 5.74) is -3.21. The van der Waals surface area contributed by atoms with Crippen LogP contribution in [0, 0.1) is 56.7 Å². The molecule has 0 aromatic carbocycles. The summed E-state index contributed by atoms with van der Waals surface area (Å²) in [5, 5.41) is 65.0. The van der Waals surface area contributed by atoms with Crippen LogP contribution in [0.2, 0.25) is 0 Å². The van der Waals surface area contributed by atoms with Crippen LogP contribution in [0.25, 0.3) is 0 Å². The first-order chi connectivity index (χ1) is 17.5. The van der Waals surface area contributed by atoms with E-state index < -0.39 is 40.7 Å². The molecule has 5 saturated carbocycles. The third kappa shape index (κ3) is 3.23. The number of rotatable bonds is 7. The molecular formula is C31H52O7. The van der Waals surface area contributed by atoms with Gasteiger partial charge < -0.3 is 30.6 Å². The number of aliphatic hydroxyl groups excluding tert-OH is 4. The molecule has 0 bridgehead atoms. The molecule has 13 unspecified atom stereocenters. The highest BCUT2D eigenvalue weighted by atomic mass is 16.4. The van der Waals surface area contributed by atoms with Gasteiger partial charge in [-0.25, -0.2) is 0 Å². The fourth-order valence-corrected chi connectivity index (χ4v) is 11.7. The molecule has 0 saturated heterocycles. The Hall–Kier alpha value is -0.730. The number of carbonyl (C=O) groups is 1. The van der Waals surface area contributed by atoms with Gasteiger partial charge in [0.05, 0.1) is 35.9 Å². The van der Waals surface area contributed by atoms with Gasteiger partial charge in [0, 0.05) is 11.8 Å². The minimum absolute atomic E-state index is 0.0539. The topological polar surface area (TPSA) is 138 Å². The SMILES string of the molecule is CC(CCC(O)(CO)C(C)C)C1C(O)CC2(C)C3CCC4C(C)(C(=O)O)C(O)CC(O)C45CC35CCC12C. The van der Waals surface area contributed by atoms with Crippen molar-refractivity contribution in [2.75, 3.05) is 6.61 Å². The van der Waals surface area contributed by atoms with E-state index in [2.05, 4.69) is 20.8 Å². The van der Waals surface area contributed by atoms with Crippen molar-refractivity contribution in [3.63, 3.8) is 0 Å². The molecule has 0 radical (unpaired) electrons. The Labute approximate surface area is 228 Å². The molecule has 2 spiro atoms.